The van der Waals surface area contributed by atoms with Crippen LogP contribution in [-0.2, 0) is 4.74 Å². The molecule has 0 radical (unpaired) electrons. The summed E-state index contributed by atoms with van der Waals surface area (Å²) in [4.78, 5) is 16.8. The minimum Gasteiger partial charge on any atom is -0.379 e. The number of aromatic nitrogens is 2. The molecular weight excluding hydrogens is 252 g/mol. The molecule has 1 aliphatic rings. The zero-order chi connectivity index (χ0) is 12.7. The maximum absolute atomic E-state index is 12.4. The molecule has 1 aliphatic heterocycles. The number of nitrogens with zero attached hydrogens (tertiary/aromatic N) is 2. The van der Waals surface area contributed by atoms with E-state index in [2.05, 4.69) is 4.98 Å². The van der Waals surface area contributed by atoms with E-state index < -0.39 is 0 Å². The lowest BCUT2D eigenvalue weighted by molar-refractivity contribution is 0.186. The Morgan fingerprint density at radius 3 is 3.06 bits per heavy atom. The fourth-order valence-corrected chi connectivity index (χ4v) is 2.66. The van der Waals surface area contributed by atoms with Gasteiger partial charge in [0, 0.05) is 11.6 Å². The van der Waals surface area contributed by atoms with Crippen molar-refractivity contribution in [2.24, 2.45) is 0 Å². The monoisotopic (exact) mass is 264 g/mol. The van der Waals surface area contributed by atoms with Gasteiger partial charge in [-0.1, -0.05) is 11.6 Å². The minimum absolute atomic E-state index is 0.0406. The van der Waals surface area contributed by atoms with Crippen LogP contribution in [0.25, 0.3) is 10.9 Å². The standard InChI is InChI=1S/C13H13ClN2O2/c1-8-4-9(14)5-11-12(8)15-7-16(13(11)17)10-2-3-18-6-10/h4-5,7,10H,2-3,6H2,1H3/t10-/m0/s1. The zero-order valence-corrected chi connectivity index (χ0v) is 10.8. The van der Waals surface area contributed by atoms with Crippen LogP contribution in [0.3, 0.4) is 0 Å². The van der Waals surface area contributed by atoms with E-state index in [1.165, 1.54) is 0 Å². The Balaban J connectivity index is 2.25. The maximum atomic E-state index is 12.4. The van der Waals surface area contributed by atoms with E-state index in [1.54, 1.807) is 17.0 Å². The molecule has 1 saturated heterocycles. The van der Waals surface area contributed by atoms with Gasteiger partial charge in [-0.2, -0.15) is 0 Å². The second-order valence-electron chi connectivity index (χ2n) is 4.59. The molecule has 94 valence electrons. The van der Waals surface area contributed by atoms with Gasteiger partial charge in [-0.25, -0.2) is 4.98 Å². The number of halogens is 1. The van der Waals surface area contributed by atoms with E-state index in [0.29, 0.717) is 23.6 Å². The summed E-state index contributed by atoms with van der Waals surface area (Å²) in [6.07, 6.45) is 2.47. The molecule has 0 bridgehead atoms. The Bertz CT molecular complexity index is 660. The Kier molecular flexibility index (Phi) is 2.84. The van der Waals surface area contributed by atoms with Gasteiger partial charge in [-0.3, -0.25) is 9.36 Å². The average Bonchev–Trinajstić information content (AvgIpc) is 2.84. The number of ether oxygens (including phenoxy) is 1. The number of hydrogen-bond donors (Lipinski definition) is 0. The second kappa shape index (κ2) is 4.37. The summed E-state index contributed by atoms with van der Waals surface area (Å²) >= 11 is 6.01. The van der Waals surface area contributed by atoms with Crippen LogP contribution in [0.4, 0.5) is 0 Å². The lowest BCUT2D eigenvalue weighted by Gasteiger charge is -2.12. The van der Waals surface area contributed by atoms with E-state index in [4.69, 9.17) is 16.3 Å². The third-order valence-electron chi connectivity index (χ3n) is 3.34. The first-order valence-electron chi connectivity index (χ1n) is 5.91. The molecule has 0 unspecified atom stereocenters. The van der Waals surface area contributed by atoms with Gasteiger partial charge >= 0.3 is 0 Å². The van der Waals surface area contributed by atoms with Crippen molar-refractivity contribution < 1.29 is 4.74 Å². The van der Waals surface area contributed by atoms with Crippen molar-refractivity contribution in [1.82, 2.24) is 9.55 Å². The van der Waals surface area contributed by atoms with Crippen molar-refractivity contribution in [3.8, 4) is 0 Å². The van der Waals surface area contributed by atoms with Gasteiger partial charge in [0.2, 0.25) is 0 Å². The third kappa shape index (κ3) is 1.82. The fourth-order valence-electron chi connectivity index (χ4n) is 2.38. The predicted octanol–water partition coefficient (Wildman–Crippen LogP) is 2.32. The molecule has 5 heteroatoms. The molecule has 0 spiro atoms. The Labute approximate surface area is 109 Å². The summed E-state index contributed by atoms with van der Waals surface area (Å²) in [7, 11) is 0. The summed E-state index contributed by atoms with van der Waals surface area (Å²) in [5.41, 5.74) is 1.60. The first kappa shape index (κ1) is 11.7. The zero-order valence-electron chi connectivity index (χ0n) is 10.0. The third-order valence-corrected chi connectivity index (χ3v) is 3.56. The summed E-state index contributed by atoms with van der Waals surface area (Å²) in [5.74, 6) is 0. The topological polar surface area (TPSA) is 44.1 Å². The van der Waals surface area contributed by atoms with Gasteiger partial charge < -0.3 is 4.74 Å². The van der Waals surface area contributed by atoms with Crippen molar-refractivity contribution in [2.75, 3.05) is 13.2 Å². The molecule has 0 saturated carbocycles. The van der Waals surface area contributed by atoms with Gasteiger partial charge in [0.25, 0.3) is 5.56 Å². The lowest BCUT2D eigenvalue weighted by Crippen LogP contribution is -2.25. The molecule has 1 aromatic carbocycles. The van der Waals surface area contributed by atoms with E-state index in [0.717, 1.165) is 17.5 Å². The van der Waals surface area contributed by atoms with Crippen molar-refractivity contribution >= 4 is 22.5 Å². The summed E-state index contributed by atoms with van der Waals surface area (Å²) < 4.78 is 6.97. The van der Waals surface area contributed by atoms with Crippen LogP contribution in [0.2, 0.25) is 5.02 Å². The van der Waals surface area contributed by atoms with Crippen LogP contribution in [0.15, 0.2) is 23.3 Å². The summed E-state index contributed by atoms with van der Waals surface area (Å²) in [5, 5.41) is 1.15. The number of hydrogen-bond acceptors (Lipinski definition) is 3. The average molecular weight is 265 g/mol. The highest BCUT2D eigenvalue weighted by atomic mass is 35.5. The number of fused-ring (bicyclic) bond motifs is 1. The van der Waals surface area contributed by atoms with Gasteiger partial charge in [0.05, 0.1) is 29.9 Å². The highest BCUT2D eigenvalue weighted by Crippen LogP contribution is 2.21. The lowest BCUT2D eigenvalue weighted by atomic mass is 10.1. The van der Waals surface area contributed by atoms with Crippen LogP contribution in [0, 0.1) is 6.92 Å². The van der Waals surface area contributed by atoms with Gasteiger partial charge in [0.1, 0.15) is 0 Å². The van der Waals surface area contributed by atoms with Crippen molar-refractivity contribution in [3.63, 3.8) is 0 Å². The van der Waals surface area contributed by atoms with Gasteiger partial charge in [-0.05, 0) is 31.0 Å². The van der Waals surface area contributed by atoms with Gasteiger partial charge in [0.15, 0.2) is 0 Å². The Morgan fingerprint density at radius 1 is 1.50 bits per heavy atom. The Hall–Kier alpha value is -1.39. The molecule has 0 amide bonds. The largest absolute Gasteiger partial charge is 0.379 e. The molecule has 2 aromatic rings. The van der Waals surface area contributed by atoms with Crippen LogP contribution in [-0.4, -0.2) is 22.8 Å². The quantitative estimate of drug-likeness (QED) is 0.794. The number of rotatable bonds is 1. The molecule has 0 N–H and O–H groups in total. The van der Waals surface area contributed by atoms with Crippen molar-refractivity contribution in [1.29, 1.82) is 0 Å². The van der Waals surface area contributed by atoms with Crippen LogP contribution >= 0.6 is 11.6 Å². The van der Waals surface area contributed by atoms with E-state index >= 15 is 0 Å². The minimum atomic E-state index is -0.0406. The van der Waals surface area contributed by atoms with E-state index in [-0.39, 0.29) is 11.6 Å². The molecule has 1 fully saturated rings. The smallest absolute Gasteiger partial charge is 0.261 e. The van der Waals surface area contributed by atoms with Crippen LogP contribution < -0.4 is 5.56 Å². The molecule has 0 aliphatic carbocycles. The van der Waals surface area contributed by atoms with Crippen molar-refractivity contribution in [3.05, 3.63) is 39.4 Å². The van der Waals surface area contributed by atoms with Gasteiger partial charge in [-0.15, -0.1) is 0 Å². The highest BCUT2D eigenvalue weighted by Gasteiger charge is 2.20. The molecule has 3 rings (SSSR count). The summed E-state index contributed by atoms with van der Waals surface area (Å²) in [6, 6.07) is 3.60. The van der Waals surface area contributed by atoms with Crippen LogP contribution in [0.5, 0.6) is 0 Å². The molecule has 1 atom stereocenters. The number of benzene rings is 1. The molecule has 1 aromatic heterocycles. The SMILES string of the molecule is Cc1cc(Cl)cc2c(=O)n([C@H]3CCOC3)cnc12. The number of aryl methyl sites for hydroxylation is 1. The Morgan fingerprint density at radius 2 is 2.33 bits per heavy atom. The molecule has 4 nitrogen and oxygen atoms in total. The van der Waals surface area contributed by atoms with E-state index in [1.807, 2.05) is 13.0 Å². The molecule has 2 heterocycles. The summed E-state index contributed by atoms with van der Waals surface area (Å²) in [6.45, 7) is 3.18. The van der Waals surface area contributed by atoms with Crippen LogP contribution in [0.1, 0.15) is 18.0 Å². The first-order chi connectivity index (χ1) is 8.66. The fraction of sp³-hybridized carbons (Fsp3) is 0.385. The van der Waals surface area contributed by atoms with E-state index in [9.17, 15) is 4.79 Å². The maximum Gasteiger partial charge on any atom is 0.261 e. The normalized spacial score (nSPS) is 19.6. The molecular formula is C13H13ClN2O2. The predicted molar refractivity (Wildman–Crippen MR) is 70.2 cm³/mol. The van der Waals surface area contributed by atoms with Crippen molar-refractivity contribution in [2.45, 2.75) is 19.4 Å². The molecule has 18 heavy (non-hydrogen) atoms. The first-order valence-corrected chi connectivity index (χ1v) is 6.29. The second-order valence-corrected chi connectivity index (χ2v) is 5.03. The highest BCUT2D eigenvalue weighted by molar-refractivity contribution is 6.31.